The van der Waals surface area contributed by atoms with Gasteiger partial charge in [0, 0.05) is 23.2 Å². The lowest BCUT2D eigenvalue weighted by atomic mass is 10.1. The quantitative estimate of drug-likeness (QED) is 0.761. The number of hydrogen-bond donors (Lipinski definition) is 3. The van der Waals surface area contributed by atoms with Gasteiger partial charge >= 0.3 is 12.0 Å². The van der Waals surface area contributed by atoms with Crippen molar-refractivity contribution in [3.63, 3.8) is 0 Å². The minimum absolute atomic E-state index is 0.0595. The van der Waals surface area contributed by atoms with Gasteiger partial charge in [-0.25, -0.2) is 9.59 Å². The molecule has 2 rings (SSSR count). The van der Waals surface area contributed by atoms with E-state index >= 15 is 0 Å². The Kier molecular flexibility index (Phi) is 4.46. The van der Waals surface area contributed by atoms with Crippen LogP contribution in [0, 0.1) is 5.92 Å². The van der Waals surface area contributed by atoms with Crippen LogP contribution >= 0.6 is 15.9 Å². The molecular weight excluding hydrogens is 342 g/mol. The van der Waals surface area contributed by atoms with Gasteiger partial charge in [0.15, 0.2) is 0 Å². The average molecular weight is 356 g/mol. The van der Waals surface area contributed by atoms with Crippen LogP contribution in [-0.2, 0) is 4.79 Å². The van der Waals surface area contributed by atoms with Gasteiger partial charge < -0.3 is 21.1 Å². The summed E-state index contributed by atoms with van der Waals surface area (Å²) in [4.78, 5) is 35.6. The average Bonchev–Trinajstić information content (AvgIpc) is 2.90. The number of hydrogen-bond acceptors (Lipinski definition) is 3. The van der Waals surface area contributed by atoms with Crippen molar-refractivity contribution in [1.82, 2.24) is 4.90 Å². The second kappa shape index (κ2) is 6.13. The van der Waals surface area contributed by atoms with Gasteiger partial charge in [-0.2, -0.15) is 0 Å². The van der Waals surface area contributed by atoms with Gasteiger partial charge in [0.2, 0.25) is 5.91 Å². The molecule has 3 amide bonds. The van der Waals surface area contributed by atoms with E-state index in [1.54, 1.807) is 12.1 Å². The molecule has 1 atom stereocenters. The van der Waals surface area contributed by atoms with Crippen LogP contribution in [-0.4, -0.2) is 41.0 Å². The molecule has 1 aliphatic heterocycles. The molecule has 1 unspecified atom stereocenters. The topological polar surface area (TPSA) is 113 Å². The number of nitrogens with zero attached hydrogens (tertiary/aromatic N) is 1. The fraction of sp³-hybridized carbons (Fsp3) is 0.308. The standard InChI is InChI=1S/C13H14BrN3O4/c14-10-2-1-8(5-9(10)12(19)20)16-13(21)17-4-3-7(6-17)11(15)18/h1-2,5,7H,3-4,6H2,(H2,15,18)(H,16,21)(H,19,20). The first-order valence-electron chi connectivity index (χ1n) is 6.26. The molecule has 0 aliphatic carbocycles. The maximum absolute atomic E-state index is 12.1. The summed E-state index contributed by atoms with van der Waals surface area (Å²) in [7, 11) is 0. The summed E-state index contributed by atoms with van der Waals surface area (Å²) in [5.74, 6) is -1.83. The zero-order valence-electron chi connectivity index (χ0n) is 11.0. The number of anilines is 1. The summed E-state index contributed by atoms with van der Waals surface area (Å²) < 4.78 is 0.433. The number of aromatic carboxylic acids is 1. The Morgan fingerprint density at radius 3 is 2.67 bits per heavy atom. The third-order valence-corrected chi connectivity index (χ3v) is 4.02. The largest absolute Gasteiger partial charge is 0.478 e. The van der Waals surface area contributed by atoms with Crippen LogP contribution in [0.1, 0.15) is 16.8 Å². The molecule has 7 nitrogen and oxygen atoms in total. The third-order valence-electron chi connectivity index (χ3n) is 3.33. The molecule has 1 aliphatic rings. The van der Waals surface area contributed by atoms with Crippen LogP contribution in [0.2, 0.25) is 0 Å². The van der Waals surface area contributed by atoms with Crippen molar-refractivity contribution in [2.24, 2.45) is 11.7 Å². The molecule has 0 saturated carbocycles. The summed E-state index contributed by atoms with van der Waals surface area (Å²) in [5, 5.41) is 11.6. The Balaban J connectivity index is 2.05. The number of benzene rings is 1. The summed E-state index contributed by atoms with van der Waals surface area (Å²) in [6.07, 6.45) is 0.545. The minimum atomic E-state index is -1.09. The molecule has 0 radical (unpaired) electrons. The van der Waals surface area contributed by atoms with Gasteiger partial charge in [-0.15, -0.1) is 0 Å². The molecule has 0 aromatic heterocycles. The van der Waals surface area contributed by atoms with E-state index in [-0.39, 0.29) is 24.1 Å². The summed E-state index contributed by atoms with van der Waals surface area (Å²) >= 11 is 3.13. The number of amides is 3. The second-order valence-corrected chi connectivity index (χ2v) is 5.62. The van der Waals surface area contributed by atoms with Crippen LogP contribution in [0.15, 0.2) is 22.7 Å². The summed E-state index contributed by atoms with van der Waals surface area (Å²) in [6, 6.07) is 4.13. The molecule has 1 heterocycles. The number of halogens is 1. The van der Waals surface area contributed by atoms with E-state index < -0.39 is 11.9 Å². The Hall–Kier alpha value is -2.09. The first-order chi connectivity index (χ1) is 9.88. The van der Waals surface area contributed by atoms with E-state index in [1.165, 1.54) is 11.0 Å². The van der Waals surface area contributed by atoms with E-state index in [1.807, 2.05) is 0 Å². The van der Waals surface area contributed by atoms with Gasteiger partial charge in [0.1, 0.15) is 0 Å². The van der Waals surface area contributed by atoms with E-state index in [9.17, 15) is 14.4 Å². The number of carbonyl (C=O) groups excluding carboxylic acids is 2. The van der Waals surface area contributed by atoms with Crippen molar-refractivity contribution in [3.8, 4) is 0 Å². The van der Waals surface area contributed by atoms with Crippen LogP contribution < -0.4 is 11.1 Å². The number of carboxylic acid groups (broad SMARTS) is 1. The number of likely N-dealkylation sites (tertiary alicyclic amines) is 1. The number of primary amides is 1. The molecule has 21 heavy (non-hydrogen) atoms. The lowest BCUT2D eigenvalue weighted by Crippen LogP contribution is -2.34. The number of carboxylic acids is 1. The Bertz CT molecular complexity index is 605. The fourth-order valence-electron chi connectivity index (χ4n) is 2.15. The van der Waals surface area contributed by atoms with E-state index in [0.717, 1.165) is 0 Å². The van der Waals surface area contributed by atoms with Crippen molar-refractivity contribution >= 4 is 39.5 Å². The Morgan fingerprint density at radius 2 is 2.10 bits per heavy atom. The zero-order chi connectivity index (χ0) is 15.6. The Morgan fingerprint density at radius 1 is 1.38 bits per heavy atom. The van der Waals surface area contributed by atoms with Gasteiger partial charge in [-0.1, -0.05) is 0 Å². The molecular formula is C13H14BrN3O4. The van der Waals surface area contributed by atoms with E-state index in [2.05, 4.69) is 21.2 Å². The van der Waals surface area contributed by atoms with Gasteiger partial charge in [-0.3, -0.25) is 4.79 Å². The molecule has 112 valence electrons. The minimum Gasteiger partial charge on any atom is -0.478 e. The second-order valence-electron chi connectivity index (χ2n) is 4.76. The smallest absolute Gasteiger partial charge is 0.336 e. The maximum Gasteiger partial charge on any atom is 0.336 e. The van der Waals surface area contributed by atoms with Crippen molar-refractivity contribution in [2.75, 3.05) is 18.4 Å². The molecule has 0 bridgehead atoms. The summed E-state index contributed by atoms with van der Waals surface area (Å²) in [6.45, 7) is 0.727. The predicted molar refractivity (Wildman–Crippen MR) is 79.0 cm³/mol. The first-order valence-corrected chi connectivity index (χ1v) is 7.06. The van der Waals surface area contributed by atoms with Crippen LogP contribution in [0.3, 0.4) is 0 Å². The normalized spacial score (nSPS) is 17.6. The van der Waals surface area contributed by atoms with Gasteiger partial charge in [-0.05, 0) is 40.5 Å². The van der Waals surface area contributed by atoms with Crippen molar-refractivity contribution in [3.05, 3.63) is 28.2 Å². The number of nitrogens with one attached hydrogen (secondary N) is 1. The predicted octanol–water partition coefficient (Wildman–Crippen LogP) is 1.49. The van der Waals surface area contributed by atoms with Crippen molar-refractivity contribution in [2.45, 2.75) is 6.42 Å². The zero-order valence-corrected chi connectivity index (χ0v) is 12.6. The highest BCUT2D eigenvalue weighted by Crippen LogP contribution is 2.22. The molecule has 4 N–H and O–H groups in total. The van der Waals surface area contributed by atoms with E-state index in [0.29, 0.717) is 23.1 Å². The maximum atomic E-state index is 12.1. The molecule has 1 saturated heterocycles. The molecule has 1 aromatic carbocycles. The molecule has 1 aromatic rings. The van der Waals surface area contributed by atoms with Crippen LogP contribution in [0.5, 0.6) is 0 Å². The van der Waals surface area contributed by atoms with Crippen molar-refractivity contribution < 1.29 is 19.5 Å². The van der Waals surface area contributed by atoms with Gasteiger partial charge in [0.25, 0.3) is 0 Å². The SMILES string of the molecule is NC(=O)C1CCN(C(=O)Nc2ccc(Br)c(C(=O)O)c2)C1. The fourth-order valence-corrected chi connectivity index (χ4v) is 2.56. The lowest BCUT2D eigenvalue weighted by molar-refractivity contribution is -0.121. The van der Waals surface area contributed by atoms with Crippen LogP contribution in [0.4, 0.5) is 10.5 Å². The Labute approximate surface area is 129 Å². The highest BCUT2D eigenvalue weighted by Gasteiger charge is 2.29. The third kappa shape index (κ3) is 3.52. The number of rotatable bonds is 3. The highest BCUT2D eigenvalue weighted by molar-refractivity contribution is 9.10. The monoisotopic (exact) mass is 355 g/mol. The molecule has 1 fully saturated rings. The highest BCUT2D eigenvalue weighted by atomic mass is 79.9. The van der Waals surface area contributed by atoms with Crippen molar-refractivity contribution in [1.29, 1.82) is 0 Å². The lowest BCUT2D eigenvalue weighted by Gasteiger charge is -2.17. The van der Waals surface area contributed by atoms with Gasteiger partial charge in [0.05, 0.1) is 11.5 Å². The molecule has 8 heteroatoms. The first kappa shape index (κ1) is 15.3. The van der Waals surface area contributed by atoms with Crippen LogP contribution in [0.25, 0.3) is 0 Å². The van der Waals surface area contributed by atoms with E-state index in [4.69, 9.17) is 10.8 Å². The summed E-state index contributed by atoms with van der Waals surface area (Å²) in [5.41, 5.74) is 5.65. The number of nitrogens with two attached hydrogens (primary N) is 1. The number of carbonyl (C=O) groups is 3. The molecule has 0 spiro atoms. The number of urea groups is 1.